The van der Waals surface area contributed by atoms with Gasteiger partial charge in [-0.25, -0.2) is 4.98 Å². The van der Waals surface area contributed by atoms with Gasteiger partial charge in [-0.2, -0.15) is 0 Å². The number of piperidine rings is 1. The Morgan fingerprint density at radius 2 is 2.00 bits per heavy atom. The molecule has 0 bridgehead atoms. The molecule has 1 aromatic rings. The number of nitrogen functional groups attached to an aromatic ring is 1. The molecule has 0 radical (unpaired) electrons. The highest BCUT2D eigenvalue weighted by Crippen LogP contribution is 2.53. The first-order valence-corrected chi connectivity index (χ1v) is 10.6. The molecule has 3 aliphatic rings. The number of pyridine rings is 1. The van der Waals surface area contributed by atoms with Crippen molar-refractivity contribution in [2.45, 2.75) is 25.7 Å². The van der Waals surface area contributed by atoms with Crippen molar-refractivity contribution in [1.82, 2.24) is 15.2 Å². The lowest BCUT2D eigenvalue weighted by atomic mass is 9.96. The molecule has 7 nitrogen and oxygen atoms in total. The molecule has 2 saturated heterocycles. The fraction of sp³-hybridized carbons (Fsp3) is 0.591. The maximum Gasteiger partial charge on any atom is 0.244 e. The zero-order valence-electron chi connectivity index (χ0n) is 16.8. The average molecular weight is 399 g/mol. The SMILES string of the molecule is Nc1ccc(/C=C/C(=O)NCCC2C3CN(C(=O)CC4CCOCC4)CC23)cn1. The van der Waals surface area contributed by atoms with Gasteiger partial charge in [-0.3, -0.25) is 9.59 Å². The second-order valence-corrected chi connectivity index (χ2v) is 8.48. The largest absolute Gasteiger partial charge is 0.384 e. The number of likely N-dealkylation sites (tertiary alicyclic amines) is 1. The van der Waals surface area contributed by atoms with Crippen molar-refractivity contribution < 1.29 is 14.3 Å². The Bertz CT molecular complexity index is 746. The van der Waals surface area contributed by atoms with Crippen molar-refractivity contribution in [1.29, 1.82) is 0 Å². The normalized spacial score (nSPS) is 26.5. The minimum absolute atomic E-state index is 0.0964. The van der Waals surface area contributed by atoms with Crippen molar-refractivity contribution in [3.05, 3.63) is 30.0 Å². The zero-order chi connectivity index (χ0) is 20.2. The van der Waals surface area contributed by atoms with Gasteiger partial charge in [-0.1, -0.05) is 0 Å². The molecule has 3 N–H and O–H groups in total. The summed E-state index contributed by atoms with van der Waals surface area (Å²) in [5.74, 6) is 3.08. The van der Waals surface area contributed by atoms with Crippen molar-refractivity contribution in [3.8, 4) is 0 Å². The Hall–Kier alpha value is -2.41. The molecule has 2 aliphatic heterocycles. The van der Waals surface area contributed by atoms with Crippen LogP contribution in [0.25, 0.3) is 6.08 Å². The number of nitrogens with two attached hydrogens (primary N) is 1. The number of anilines is 1. The molecule has 2 unspecified atom stereocenters. The third kappa shape index (κ3) is 5.15. The first-order valence-electron chi connectivity index (χ1n) is 10.6. The fourth-order valence-corrected chi connectivity index (χ4v) is 4.72. The third-order valence-corrected chi connectivity index (χ3v) is 6.54. The second kappa shape index (κ2) is 8.95. The zero-order valence-corrected chi connectivity index (χ0v) is 16.8. The third-order valence-electron chi connectivity index (χ3n) is 6.54. The molecule has 29 heavy (non-hydrogen) atoms. The van der Waals surface area contributed by atoms with Crippen molar-refractivity contribution in [2.24, 2.45) is 23.7 Å². The minimum Gasteiger partial charge on any atom is -0.384 e. The lowest BCUT2D eigenvalue weighted by Crippen LogP contribution is -2.34. The molecule has 4 rings (SSSR count). The van der Waals surface area contributed by atoms with Crippen molar-refractivity contribution >= 4 is 23.7 Å². The molecule has 0 aromatic carbocycles. The second-order valence-electron chi connectivity index (χ2n) is 8.48. The topological polar surface area (TPSA) is 97.6 Å². The van der Waals surface area contributed by atoms with Crippen LogP contribution in [-0.4, -0.2) is 54.5 Å². The fourth-order valence-electron chi connectivity index (χ4n) is 4.72. The Morgan fingerprint density at radius 1 is 1.24 bits per heavy atom. The number of nitrogens with one attached hydrogen (secondary N) is 1. The van der Waals surface area contributed by atoms with Gasteiger partial charge in [0, 0.05) is 51.5 Å². The molecule has 1 saturated carbocycles. The van der Waals surface area contributed by atoms with E-state index in [1.165, 1.54) is 6.08 Å². The summed E-state index contributed by atoms with van der Waals surface area (Å²) in [5, 5.41) is 2.95. The first kappa shape index (κ1) is 19.9. The van der Waals surface area contributed by atoms with Crippen LogP contribution in [0.3, 0.4) is 0 Å². The highest BCUT2D eigenvalue weighted by molar-refractivity contribution is 5.91. The van der Waals surface area contributed by atoms with Gasteiger partial charge >= 0.3 is 0 Å². The number of hydrogen-bond donors (Lipinski definition) is 2. The first-order chi connectivity index (χ1) is 14.1. The van der Waals surface area contributed by atoms with E-state index in [9.17, 15) is 9.59 Å². The van der Waals surface area contributed by atoms with Crippen LogP contribution in [0.5, 0.6) is 0 Å². The number of ether oxygens (including phenoxy) is 1. The number of rotatable bonds is 7. The van der Waals surface area contributed by atoms with Crippen molar-refractivity contribution in [2.75, 3.05) is 38.6 Å². The molecular weight excluding hydrogens is 368 g/mol. The summed E-state index contributed by atoms with van der Waals surface area (Å²) in [5.41, 5.74) is 6.39. The van der Waals surface area contributed by atoms with Gasteiger partial charge in [0.2, 0.25) is 11.8 Å². The van der Waals surface area contributed by atoms with Gasteiger partial charge < -0.3 is 20.7 Å². The number of carbonyl (C=O) groups is 2. The molecule has 1 aromatic heterocycles. The maximum absolute atomic E-state index is 12.5. The molecular formula is C22H30N4O3. The minimum atomic E-state index is -0.0964. The van der Waals surface area contributed by atoms with E-state index in [1.807, 2.05) is 6.07 Å². The standard InChI is InChI=1S/C22H30N4O3/c23-20-3-1-16(12-25-20)2-4-21(27)24-8-5-17-18-13-26(14-19(17)18)22(28)11-15-6-9-29-10-7-15/h1-4,12,15,17-19H,5-11,13-14H2,(H2,23,25)(H,24,27)/b4-2+. The highest BCUT2D eigenvalue weighted by atomic mass is 16.5. The lowest BCUT2D eigenvalue weighted by Gasteiger charge is -2.25. The van der Waals surface area contributed by atoms with E-state index in [1.54, 1.807) is 18.3 Å². The van der Waals surface area contributed by atoms with E-state index in [2.05, 4.69) is 15.2 Å². The number of carbonyl (C=O) groups excluding carboxylic acids is 2. The van der Waals surface area contributed by atoms with Crippen LogP contribution < -0.4 is 11.1 Å². The quantitative estimate of drug-likeness (QED) is 0.682. The summed E-state index contributed by atoms with van der Waals surface area (Å²) >= 11 is 0. The number of nitrogens with zero attached hydrogens (tertiary/aromatic N) is 2. The van der Waals surface area contributed by atoms with E-state index >= 15 is 0 Å². The van der Waals surface area contributed by atoms with E-state index < -0.39 is 0 Å². The molecule has 7 heteroatoms. The summed E-state index contributed by atoms with van der Waals surface area (Å²) in [6, 6.07) is 3.54. The van der Waals surface area contributed by atoms with Gasteiger partial charge in [0.15, 0.2) is 0 Å². The highest BCUT2D eigenvalue weighted by Gasteiger charge is 2.55. The maximum atomic E-state index is 12.5. The number of aromatic nitrogens is 1. The van der Waals surface area contributed by atoms with Crippen LogP contribution in [0.2, 0.25) is 0 Å². The van der Waals surface area contributed by atoms with Crippen LogP contribution in [0.1, 0.15) is 31.2 Å². The van der Waals surface area contributed by atoms with Crippen molar-refractivity contribution in [3.63, 3.8) is 0 Å². The predicted molar refractivity (Wildman–Crippen MR) is 111 cm³/mol. The van der Waals surface area contributed by atoms with Gasteiger partial charge in [0.05, 0.1) is 0 Å². The number of fused-ring (bicyclic) bond motifs is 1. The molecule has 2 atom stereocenters. The van der Waals surface area contributed by atoms with Gasteiger partial charge in [0.25, 0.3) is 0 Å². The summed E-state index contributed by atoms with van der Waals surface area (Å²) in [6.07, 6.45) is 8.59. The lowest BCUT2D eigenvalue weighted by molar-refractivity contribution is -0.132. The Morgan fingerprint density at radius 3 is 2.69 bits per heavy atom. The predicted octanol–water partition coefficient (Wildman–Crippen LogP) is 1.70. The van der Waals surface area contributed by atoms with Crippen LogP contribution >= 0.6 is 0 Å². The van der Waals surface area contributed by atoms with E-state index in [-0.39, 0.29) is 5.91 Å². The van der Waals surface area contributed by atoms with Gasteiger partial charge in [-0.05, 0) is 66.7 Å². The Kier molecular flexibility index (Phi) is 6.13. The number of amides is 2. The smallest absolute Gasteiger partial charge is 0.244 e. The average Bonchev–Trinajstić information content (AvgIpc) is 3.17. The number of hydrogen-bond acceptors (Lipinski definition) is 5. The monoisotopic (exact) mass is 398 g/mol. The Labute approximate surface area is 171 Å². The molecule has 156 valence electrons. The molecule has 2 amide bonds. The molecule has 3 fully saturated rings. The van der Waals surface area contributed by atoms with Crippen LogP contribution in [0, 0.1) is 23.7 Å². The Balaban J connectivity index is 1.11. The summed E-state index contributed by atoms with van der Waals surface area (Å²) in [7, 11) is 0. The summed E-state index contributed by atoms with van der Waals surface area (Å²) in [4.78, 5) is 30.5. The molecule has 0 spiro atoms. The van der Waals surface area contributed by atoms with E-state index in [0.717, 1.165) is 51.1 Å². The van der Waals surface area contributed by atoms with E-state index in [0.29, 0.717) is 48.4 Å². The van der Waals surface area contributed by atoms with Crippen LogP contribution in [-0.2, 0) is 14.3 Å². The van der Waals surface area contributed by atoms with E-state index in [4.69, 9.17) is 10.5 Å². The molecule has 3 heterocycles. The van der Waals surface area contributed by atoms with Crippen LogP contribution in [0.4, 0.5) is 5.82 Å². The van der Waals surface area contributed by atoms with Crippen LogP contribution in [0.15, 0.2) is 24.4 Å². The molecule has 1 aliphatic carbocycles. The summed E-state index contributed by atoms with van der Waals surface area (Å²) < 4.78 is 5.37. The van der Waals surface area contributed by atoms with Gasteiger partial charge in [0.1, 0.15) is 5.82 Å². The van der Waals surface area contributed by atoms with Gasteiger partial charge in [-0.15, -0.1) is 0 Å². The summed E-state index contributed by atoms with van der Waals surface area (Å²) in [6.45, 7) is 4.06.